The highest BCUT2D eigenvalue weighted by Crippen LogP contribution is 2.29. The average molecular weight is 426 g/mol. The van der Waals surface area contributed by atoms with E-state index >= 15 is 0 Å². The van der Waals surface area contributed by atoms with E-state index in [0.29, 0.717) is 17.0 Å². The second-order valence-corrected chi connectivity index (χ2v) is 7.19. The number of carbonyl (C=O) groups is 4. The maximum absolute atomic E-state index is 12.5. The van der Waals surface area contributed by atoms with Gasteiger partial charge in [0.15, 0.2) is 11.8 Å². The van der Waals surface area contributed by atoms with Crippen LogP contribution in [0.2, 0.25) is 0 Å². The molecule has 10 heteroatoms. The number of carboxylic acid groups (broad SMARTS) is 1. The number of rotatable bonds is 6. The van der Waals surface area contributed by atoms with Gasteiger partial charge in [0.2, 0.25) is 0 Å². The van der Waals surface area contributed by atoms with Crippen LogP contribution in [0.4, 0.5) is 4.79 Å². The first-order valence-corrected chi connectivity index (χ1v) is 9.48. The molecular weight excluding hydrogens is 404 g/mol. The molecule has 3 amide bonds. The van der Waals surface area contributed by atoms with Gasteiger partial charge >= 0.3 is 12.0 Å². The number of hydrogen-bond donors (Lipinski definition) is 3. The molecular formula is C21H22N4O6. The van der Waals surface area contributed by atoms with Crippen molar-refractivity contribution in [3.8, 4) is 11.1 Å². The summed E-state index contributed by atoms with van der Waals surface area (Å²) in [6.45, 7) is 3.56. The maximum Gasteiger partial charge on any atom is 0.316 e. The van der Waals surface area contributed by atoms with Crippen molar-refractivity contribution in [3.63, 3.8) is 0 Å². The minimum absolute atomic E-state index is 0.398. The van der Waals surface area contributed by atoms with Crippen molar-refractivity contribution < 1.29 is 28.8 Å². The second-order valence-electron chi connectivity index (χ2n) is 7.19. The number of hydrogen-bond acceptors (Lipinski definition) is 6. The van der Waals surface area contributed by atoms with Crippen LogP contribution in [0.25, 0.3) is 11.1 Å². The molecule has 0 aliphatic carbocycles. The second kappa shape index (κ2) is 8.82. The van der Waals surface area contributed by atoms with Gasteiger partial charge in [-0.15, -0.1) is 0 Å². The van der Waals surface area contributed by atoms with Gasteiger partial charge in [-0.2, -0.15) is 0 Å². The van der Waals surface area contributed by atoms with Crippen LogP contribution in [0.3, 0.4) is 0 Å². The van der Waals surface area contributed by atoms with Gasteiger partial charge in [-0.1, -0.05) is 23.4 Å². The van der Waals surface area contributed by atoms with E-state index in [1.54, 1.807) is 32.0 Å². The summed E-state index contributed by atoms with van der Waals surface area (Å²) >= 11 is 0. The molecule has 1 unspecified atom stereocenters. The van der Waals surface area contributed by atoms with Crippen molar-refractivity contribution in [1.29, 1.82) is 0 Å². The fraction of sp³-hybridized carbons (Fsp3) is 0.286. The molecule has 0 spiro atoms. The van der Waals surface area contributed by atoms with Crippen LogP contribution in [0.5, 0.6) is 0 Å². The lowest BCUT2D eigenvalue weighted by Crippen LogP contribution is -2.55. The molecule has 2 aromatic rings. The van der Waals surface area contributed by atoms with E-state index in [-0.39, 0.29) is 0 Å². The molecule has 2 atom stereocenters. The van der Waals surface area contributed by atoms with Crippen molar-refractivity contribution in [2.24, 2.45) is 0 Å². The number of nitrogens with zero attached hydrogens (tertiary/aromatic N) is 2. The molecule has 2 heterocycles. The predicted octanol–water partition coefficient (Wildman–Crippen LogP) is 1.70. The van der Waals surface area contributed by atoms with Crippen molar-refractivity contribution in [1.82, 2.24) is 20.7 Å². The maximum atomic E-state index is 12.5. The Hall–Kier alpha value is -3.95. The predicted molar refractivity (Wildman–Crippen MR) is 109 cm³/mol. The fourth-order valence-corrected chi connectivity index (χ4v) is 3.38. The highest BCUT2D eigenvalue weighted by atomic mass is 16.5. The molecule has 1 aliphatic heterocycles. The molecule has 1 aliphatic rings. The van der Waals surface area contributed by atoms with E-state index in [0.717, 1.165) is 11.1 Å². The number of aromatic nitrogens is 1. The Labute approximate surface area is 177 Å². The highest BCUT2D eigenvalue weighted by Gasteiger charge is 2.32. The molecule has 3 N–H and O–H groups in total. The Morgan fingerprint density at radius 3 is 2.68 bits per heavy atom. The van der Waals surface area contributed by atoms with Gasteiger partial charge in [0.25, 0.3) is 5.91 Å². The normalized spacial score (nSPS) is 16.9. The molecule has 3 rings (SSSR count). The van der Waals surface area contributed by atoms with E-state index < -0.39 is 42.2 Å². The summed E-state index contributed by atoms with van der Waals surface area (Å²) in [5.41, 5.74) is 2.76. The molecule has 0 radical (unpaired) electrons. The van der Waals surface area contributed by atoms with Gasteiger partial charge in [0.05, 0.1) is 18.2 Å². The number of aryl methyl sites for hydroxylation is 2. The topological polar surface area (TPSA) is 142 Å². The van der Waals surface area contributed by atoms with Crippen molar-refractivity contribution in [2.45, 2.75) is 32.4 Å². The molecule has 1 aromatic carbocycles. The molecule has 10 nitrogen and oxygen atoms in total. The van der Waals surface area contributed by atoms with Crippen LogP contribution >= 0.6 is 0 Å². The fourth-order valence-electron chi connectivity index (χ4n) is 3.38. The minimum Gasteiger partial charge on any atom is -0.481 e. The third kappa shape index (κ3) is 4.80. The van der Waals surface area contributed by atoms with E-state index in [1.165, 1.54) is 24.2 Å². The van der Waals surface area contributed by atoms with Crippen LogP contribution in [0, 0.1) is 13.8 Å². The van der Waals surface area contributed by atoms with Crippen LogP contribution in [-0.4, -0.2) is 51.9 Å². The summed E-state index contributed by atoms with van der Waals surface area (Å²) < 4.78 is 5.20. The monoisotopic (exact) mass is 426 g/mol. The van der Waals surface area contributed by atoms with Gasteiger partial charge in [0.1, 0.15) is 5.76 Å². The van der Waals surface area contributed by atoms with Gasteiger partial charge in [-0.3, -0.25) is 14.4 Å². The molecule has 0 bridgehead atoms. The Morgan fingerprint density at radius 1 is 1.29 bits per heavy atom. The van der Waals surface area contributed by atoms with E-state index in [4.69, 9.17) is 4.52 Å². The first-order chi connectivity index (χ1) is 14.7. The zero-order valence-corrected chi connectivity index (χ0v) is 17.2. The molecule has 31 heavy (non-hydrogen) atoms. The number of urea groups is 1. The summed E-state index contributed by atoms with van der Waals surface area (Å²) in [4.78, 5) is 49.2. The summed E-state index contributed by atoms with van der Waals surface area (Å²) in [5.74, 6) is -1.66. The first-order valence-electron chi connectivity index (χ1n) is 9.48. The number of carbonyl (C=O) groups excluding carboxylic acids is 3. The average Bonchev–Trinajstić information content (AvgIpc) is 3.05. The van der Waals surface area contributed by atoms with Gasteiger partial charge < -0.3 is 25.2 Å². The van der Waals surface area contributed by atoms with Crippen molar-refractivity contribution in [3.05, 3.63) is 53.6 Å². The lowest BCUT2D eigenvalue weighted by Gasteiger charge is -2.25. The van der Waals surface area contributed by atoms with Gasteiger partial charge in [-0.05, 0) is 31.0 Å². The largest absolute Gasteiger partial charge is 0.481 e. The Balaban J connectivity index is 1.83. The van der Waals surface area contributed by atoms with Crippen LogP contribution in [0.15, 0.2) is 41.1 Å². The summed E-state index contributed by atoms with van der Waals surface area (Å²) in [5, 5.41) is 18.1. The highest BCUT2D eigenvalue weighted by molar-refractivity contribution is 6.14. The van der Waals surface area contributed by atoms with Crippen molar-refractivity contribution in [2.75, 3.05) is 7.05 Å². The number of amides is 3. The number of benzene rings is 1. The summed E-state index contributed by atoms with van der Waals surface area (Å²) in [6.07, 6.45) is 2.10. The van der Waals surface area contributed by atoms with Gasteiger partial charge in [-0.25, -0.2) is 4.79 Å². The Kier molecular flexibility index (Phi) is 6.19. The van der Waals surface area contributed by atoms with Crippen LogP contribution in [0.1, 0.15) is 29.5 Å². The van der Waals surface area contributed by atoms with Gasteiger partial charge in [0, 0.05) is 24.9 Å². The minimum atomic E-state index is -1.37. The molecule has 0 saturated heterocycles. The number of aliphatic carboxylic acids is 1. The first kappa shape index (κ1) is 21.8. The zero-order valence-electron chi connectivity index (χ0n) is 17.2. The quantitative estimate of drug-likeness (QED) is 0.597. The van der Waals surface area contributed by atoms with Crippen LogP contribution < -0.4 is 10.6 Å². The van der Waals surface area contributed by atoms with E-state index in [1.807, 2.05) is 6.07 Å². The lowest BCUT2D eigenvalue weighted by molar-refractivity contribution is -0.138. The molecule has 162 valence electrons. The Morgan fingerprint density at radius 2 is 2.03 bits per heavy atom. The number of carboxylic acids is 1. The number of nitrogens with one attached hydrogen (secondary N) is 2. The molecule has 0 fully saturated rings. The third-order valence-corrected chi connectivity index (χ3v) is 4.91. The zero-order chi connectivity index (χ0) is 22.7. The number of likely N-dealkylation sites (N-methyl/N-ethyl adjacent to an activating group) is 1. The molecule has 0 saturated carbocycles. The third-order valence-electron chi connectivity index (χ3n) is 4.91. The van der Waals surface area contributed by atoms with Crippen molar-refractivity contribution >= 4 is 23.7 Å². The lowest BCUT2D eigenvalue weighted by atomic mass is 9.97. The van der Waals surface area contributed by atoms with E-state index in [9.17, 15) is 24.3 Å². The summed E-state index contributed by atoms with van der Waals surface area (Å²) in [7, 11) is 1.46. The van der Waals surface area contributed by atoms with E-state index in [2.05, 4.69) is 15.8 Å². The standard InChI is InChI=1S/C21H22N4O6/c1-11-18(12(2)31-24-11)14-6-4-5-13(9-14)15(10-17(27)28)22-21(30)23-19-16(26)7-8-25(3)20(19)29/h4-9,15,19H,10H2,1-3H3,(H,27,28)(H2,22,23,30)/t15-,19?/m0/s1. The van der Waals surface area contributed by atoms with Crippen LogP contribution in [-0.2, 0) is 14.4 Å². The summed E-state index contributed by atoms with van der Waals surface area (Å²) in [6, 6.07) is 3.89. The number of ketones is 1. The Bertz CT molecular complexity index is 1050. The molecule has 1 aromatic heterocycles. The SMILES string of the molecule is Cc1noc(C)c1-c1cccc([C@H](CC(=O)O)NC(=O)NC2C(=O)C=CN(C)C2=O)c1. The smallest absolute Gasteiger partial charge is 0.316 e.